The van der Waals surface area contributed by atoms with Gasteiger partial charge < -0.3 is 91.5 Å². The highest BCUT2D eigenvalue weighted by Crippen LogP contribution is 2.29. The van der Waals surface area contributed by atoms with E-state index in [4.69, 9.17) is 88.3 Å². The quantitative estimate of drug-likeness (QED) is 0.0103. The summed E-state index contributed by atoms with van der Waals surface area (Å²) in [6.45, 7) is 52.9. The van der Waals surface area contributed by atoms with E-state index < -0.39 is 34.3 Å². The molecule has 0 saturated carbocycles. The zero-order chi connectivity index (χ0) is 105. The number of phenolic OH excluding ortho intramolecular Hbond substituents is 2. The van der Waals surface area contributed by atoms with Crippen molar-refractivity contribution in [2.24, 2.45) is 17.8 Å². The van der Waals surface area contributed by atoms with E-state index in [-0.39, 0.29) is 78.8 Å². The van der Waals surface area contributed by atoms with Gasteiger partial charge in [-0.05, 0) is 284 Å². The average molecular weight is 1980 g/mol. The lowest BCUT2D eigenvalue weighted by atomic mass is 10.1. The zero-order valence-electron chi connectivity index (χ0n) is 88.3. The van der Waals surface area contributed by atoms with Crippen LogP contribution in [-0.4, -0.2) is 175 Å². The molecule has 28 heteroatoms. The topological polar surface area (TPSA) is 351 Å². The second kappa shape index (κ2) is 76.1. The van der Waals surface area contributed by atoms with Crippen LogP contribution in [0.15, 0.2) is 182 Å². The molecular formula is C112H170ClNO26. The summed E-state index contributed by atoms with van der Waals surface area (Å²) in [5.41, 5.74) is -0.834. The number of aromatic hydroxyl groups is 2. The van der Waals surface area contributed by atoms with Crippen molar-refractivity contribution >= 4 is 53.6 Å². The molecule has 0 aliphatic carbocycles. The number of benzene rings is 7. The first-order chi connectivity index (χ1) is 66.2. The standard InChI is InChI=1S/C22H26O5.C21H34O4.C15H24ClNO2.C15H22O4.C13H10O3.C8H16O3.C6H14O.C4H8O2.2C4H8O/c1-16(13-14-20(23)27-22(2,3)4)25-18-11-8-12-19(15-18)26-21(24)17-9-6-5-7-10-17;1-7-17(8-2)15-23-18-10-9-11-19(14-18)24-16(3)12-13-20(22)25-21(4,5)6;1-4-13(5-2)11-18-14-7-6-8-15(9-14)19-12(3)10-17-16;1-11(8-9-14(17)19-15(2,3)4)18-13-7-5-6-12(16)10-13;14-11-7-4-8-12(9-11)16-13(15)10-5-2-1-3-6-10;1-8(2,3)11-7(10)5-4-6-9;1-3-6(4-2)5-7;1-3-6-4(2)5;2*1-2-4-5-3-1/h5-12,15-16H,13-14H2,1-4H3;9-11,14,16-17H,7-8,12-13,15H2,1-6H3;6-9,12-13,17H,4-5,10-11H2,1-3H3;5-7,10-11,16H,8-9H2,1-4H3;1-9,14H;9H,4-6H2,1-3H3;6-7H,3-5H2,1-2H3;3H2,1-2H3;2*1-4H2/t2*16-;12-;11-;;;;;;/m1111....../s1. The fourth-order valence-corrected chi connectivity index (χ4v) is 11.9. The van der Waals surface area contributed by atoms with E-state index in [1.807, 2.05) is 171 Å². The Morgan fingerprint density at radius 2 is 0.657 bits per heavy atom. The van der Waals surface area contributed by atoms with Gasteiger partial charge in [0.05, 0.1) is 49.3 Å². The summed E-state index contributed by atoms with van der Waals surface area (Å²) in [6, 6.07) is 52.6. The van der Waals surface area contributed by atoms with Gasteiger partial charge in [-0.15, -0.1) is 0 Å². The normalized spacial score (nSPS) is 12.6. The summed E-state index contributed by atoms with van der Waals surface area (Å²) in [4.78, 5) is 82.1. The van der Waals surface area contributed by atoms with Crippen molar-refractivity contribution < 1.29 is 125 Å². The molecule has 2 aliphatic heterocycles. The zero-order valence-corrected chi connectivity index (χ0v) is 89.1. The number of halogens is 1. The lowest BCUT2D eigenvalue weighted by molar-refractivity contribution is -0.156. The first kappa shape index (κ1) is 129. The number of phenols is 2. The average Bonchev–Trinajstić information content (AvgIpc) is 0.986. The van der Waals surface area contributed by atoms with E-state index in [0.29, 0.717) is 117 Å². The summed E-state index contributed by atoms with van der Waals surface area (Å²) in [5, 5.41) is 35.5. The molecule has 0 unspecified atom stereocenters. The Morgan fingerprint density at radius 3 is 0.921 bits per heavy atom. The molecule has 4 atom stereocenters. The third-order valence-corrected chi connectivity index (χ3v) is 19.5. The van der Waals surface area contributed by atoms with Crippen LogP contribution in [0.3, 0.4) is 0 Å². The van der Waals surface area contributed by atoms with Crippen molar-refractivity contribution in [2.45, 2.75) is 329 Å². The molecule has 9 rings (SSSR count). The van der Waals surface area contributed by atoms with E-state index >= 15 is 0 Å². The van der Waals surface area contributed by atoms with Gasteiger partial charge in [-0.3, -0.25) is 24.0 Å². The predicted octanol–water partition coefficient (Wildman–Crippen LogP) is 24.8. The lowest BCUT2D eigenvalue weighted by Crippen LogP contribution is -2.25. The number of hydrogen-bond donors (Lipinski definition) is 5. The van der Waals surface area contributed by atoms with E-state index in [0.717, 1.165) is 101 Å². The van der Waals surface area contributed by atoms with E-state index in [1.54, 1.807) is 116 Å². The Hall–Kier alpha value is -10.7. The summed E-state index contributed by atoms with van der Waals surface area (Å²) in [7, 11) is 0. The van der Waals surface area contributed by atoms with Crippen molar-refractivity contribution in [2.75, 3.05) is 66.0 Å². The number of ether oxygens (including phenoxy) is 15. The Bertz CT molecular complexity index is 4360. The van der Waals surface area contributed by atoms with Gasteiger partial charge in [-0.2, -0.15) is 0 Å². The SMILES string of the molecule is C1CCOC1.C1CCOC1.CC(C)(C)OC(=O)CCCO.CCC(CC)CO.CCC(CC)COc1cccc(O[C@H](C)CCC(=O)OC(C)(C)C)c1.CCC(CC)COc1cccc(O[C@H](C)CNCl)c1.CCOC(C)=O.C[C@H](CCC(=O)OC(C)(C)C)Oc1cccc(O)c1.C[C@H](CCC(=O)OC(C)(C)C)Oc1cccc(OC(=O)c2ccccc2)c1.O=C(Oc1cccc(O)c1)c1ccccc1. The maximum Gasteiger partial charge on any atom is 0.343 e. The van der Waals surface area contributed by atoms with Gasteiger partial charge in [-0.25, -0.2) is 14.4 Å². The Balaban J connectivity index is 0.00000160. The van der Waals surface area contributed by atoms with Crippen LogP contribution in [0.2, 0.25) is 0 Å². The third kappa shape index (κ3) is 73.4. The molecule has 0 radical (unpaired) electrons. The van der Waals surface area contributed by atoms with Crippen molar-refractivity contribution in [3.05, 3.63) is 193 Å². The molecule has 7 aromatic rings. The monoisotopic (exact) mass is 1980 g/mol. The third-order valence-electron chi connectivity index (χ3n) is 19.4. The van der Waals surface area contributed by atoms with Crippen molar-refractivity contribution in [1.82, 2.24) is 4.84 Å². The van der Waals surface area contributed by atoms with E-state index in [1.165, 1.54) is 44.7 Å². The van der Waals surface area contributed by atoms with Gasteiger partial charge in [-0.1, -0.05) is 147 Å². The van der Waals surface area contributed by atoms with Crippen LogP contribution in [-0.2, 0) is 57.1 Å². The molecule has 2 fully saturated rings. The highest BCUT2D eigenvalue weighted by Gasteiger charge is 2.23. The first-order valence-corrected chi connectivity index (χ1v) is 49.7. The molecule has 0 aromatic heterocycles. The van der Waals surface area contributed by atoms with Crippen molar-refractivity contribution in [3.63, 3.8) is 0 Å². The minimum atomic E-state index is -0.488. The maximum atomic E-state index is 12.1. The van der Waals surface area contributed by atoms with Crippen LogP contribution in [0.5, 0.6) is 57.5 Å². The molecule has 0 bridgehead atoms. The minimum Gasteiger partial charge on any atom is -0.508 e. The molecule has 27 nitrogen and oxygen atoms in total. The van der Waals surface area contributed by atoms with Crippen molar-refractivity contribution in [3.8, 4) is 57.5 Å². The molecule has 140 heavy (non-hydrogen) atoms. The second-order valence-electron chi connectivity index (χ2n) is 37.2. The van der Waals surface area contributed by atoms with Crippen LogP contribution in [0.1, 0.15) is 302 Å². The Labute approximate surface area is 841 Å². The van der Waals surface area contributed by atoms with Crippen molar-refractivity contribution in [1.29, 1.82) is 0 Å². The number of rotatable bonds is 40. The first-order valence-electron chi connectivity index (χ1n) is 49.3. The largest absolute Gasteiger partial charge is 0.508 e. The highest BCUT2D eigenvalue weighted by atomic mass is 35.5. The van der Waals surface area contributed by atoms with Crippen LogP contribution in [0.25, 0.3) is 0 Å². The number of aliphatic hydroxyl groups excluding tert-OH is 2. The smallest absolute Gasteiger partial charge is 0.343 e. The predicted molar refractivity (Wildman–Crippen MR) is 553 cm³/mol. The van der Waals surface area contributed by atoms with Gasteiger partial charge in [0.1, 0.15) is 86.0 Å². The number of aliphatic hydroxyl groups is 2. The number of carbonyl (C=O) groups excluding carboxylic acids is 7. The molecule has 786 valence electrons. The summed E-state index contributed by atoms with van der Waals surface area (Å²) < 4.78 is 80.3. The fourth-order valence-electron chi connectivity index (χ4n) is 11.7. The van der Waals surface area contributed by atoms with Gasteiger partial charge in [0.2, 0.25) is 0 Å². The summed E-state index contributed by atoms with van der Waals surface area (Å²) in [6.07, 6.45) is 14.9. The second-order valence-corrected chi connectivity index (χ2v) is 37.5. The Morgan fingerprint density at radius 1 is 0.371 bits per heavy atom. The number of carbonyl (C=O) groups is 7. The Kier molecular flexibility index (Phi) is 70.3. The molecule has 2 aliphatic rings. The molecule has 2 heterocycles. The van der Waals surface area contributed by atoms with Crippen LogP contribution in [0, 0.1) is 17.8 Å². The molecule has 2 saturated heterocycles. The molecule has 0 spiro atoms. The maximum absolute atomic E-state index is 12.1. The van der Waals surface area contributed by atoms with Crippen LogP contribution >= 0.6 is 11.8 Å². The van der Waals surface area contributed by atoms with Gasteiger partial charge >= 0.3 is 41.8 Å². The van der Waals surface area contributed by atoms with Crippen LogP contribution in [0.4, 0.5) is 0 Å². The minimum absolute atomic E-state index is 0.0202. The fraction of sp³-hybridized carbons (Fsp3) is 0.562. The lowest BCUT2D eigenvalue weighted by Gasteiger charge is -2.20. The number of esters is 7. The summed E-state index contributed by atoms with van der Waals surface area (Å²) >= 11 is 5.46. The van der Waals surface area contributed by atoms with Gasteiger partial charge in [0.15, 0.2) is 0 Å². The number of nitrogens with one attached hydrogen (secondary N) is 1. The van der Waals surface area contributed by atoms with Gasteiger partial charge in [0.25, 0.3) is 0 Å². The van der Waals surface area contributed by atoms with Crippen LogP contribution < -0.4 is 42.7 Å². The number of hydrogen-bond acceptors (Lipinski definition) is 27. The highest BCUT2D eigenvalue weighted by molar-refractivity contribution is 6.13. The molecule has 5 N–H and O–H groups in total. The van der Waals surface area contributed by atoms with E-state index in [2.05, 4.69) is 51.1 Å². The van der Waals surface area contributed by atoms with Gasteiger partial charge in [0, 0.05) is 109 Å². The molecular weight excluding hydrogens is 1810 g/mol. The van der Waals surface area contributed by atoms with E-state index in [9.17, 15) is 43.8 Å². The molecule has 0 amide bonds. The molecule has 7 aromatic carbocycles. The summed E-state index contributed by atoms with van der Waals surface area (Å²) in [5.74, 6) is 5.14.